The molecule has 0 bridgehead atoms. The summed E-state index contributed by atoms with van der Waals surface area (Å²) in [7, 11) is -3.20. The molecule has 0 atom stereocenters. The van der Waals surface area contributed by atoms with E-state index < -0.39 is 9.84 Å². The second kappa shape index (κ2) is 9.04. The average molecular weight is 435 g/mol. The van der Waals surface area contributed by atoms with Gasteiger partial charge in [0, 0.05) is 50.2 Å². The Labute approximate surface area is 183 Å². The van der Waals surface area contributed by atoms with Gasteiger partial charge in [0.2, 0.25) is 0 Å². The molecule has 1 fully saturated rings. The van der Waals surface area contributed by atoms with E-state index >= 15 is 0 Å². The highest BCUT2D eigenvalue weighted by Gasteiger charge is 2.18. The summed E-state index contributed by atoms with van der Waals surface area (Å²) < 4.78 is 23.5. The van der Waals surface area contributed by atoms with Gasteiger partial charge in [-0.15, -0.1) is 0 Å². The third-order valence-electron chi connectivity index (χ3n) is 5.77. The molecule has 0 unspecified atom stereocenters. The molecular weight excluding hydrogens is 408 g/mol. The van der Waals surface area contributed by atoms with Gasteiger partial charge in [-0.05, 0) is 53.1 Å². The minimum absolute atomic E-state index is 0.339. The predicted molar refractivity (Wildman–Crippen MR) is 124 cm³/mol. The van der Waals surface area contributed by atoms with Gasteiger partial charge >= 0.3 is 0 Å². The first-order valence-corrected chi connectivity index (χ1v) is 12.2. The smallest absolute Gasteiger partial charge is 0.175 e. The molecule has 0 amide bonds. The van der Waals surface area contributed by atoms with E-state index in [0.717, 1.165) is 55.8 Å². The van der Waals surface area contributed by atoms with Gasteiger partial charge in [-0.2, -0.15) is 0 Å². The molecule has 3 aromatic rings. The van der Waals surface area contributed by atoms with Crippen LogP contribution in [0.2, 0.25) is 0 Å². The van der Waals surface area contributed by atoms with E-state index in [1.54, 1.807) is 12.1 Å². The van der Waals surface area contributed by atoms with E-state index in [1.807, 2.05) is 42.5 Å². The molecular formula is C25H26N2O3S. The van der Waals surface area contributed by atoms with Crippen LogP contribution in [0.1, 0.15) is 15.9 Å². The highest BCUT2D eigenvalue weighted by molar-refractivity contribution is 7.90. The summed E-state index contributed by atoms with van der Waals surface area (Å²) in [5.41, 5.74) is 5.24. The van der Waals surface area contributed by atoms with Crippen molar-refractivity contribution < 1.29 is 13.2 Å². The molecule has 3 aromatic carbocycles. The van der Waals surface area contributed by atoms with E-state index in [9.17, 15) is 13.2 Å². The van der Waals surface area contributed by atoms with E-state index in [2.05, 4.69) is 28.0 Å². The van der Waals surface area contributed by atoms with E-state index in [1.165, 1.54) is 11.8 Å². The Morgan fingerprint density at radius 3 is 2.10 bits per heavy atom. The van der Waals surface area contributed by atoms with Crippen molar-refractivity contribution in [1.82, 2.24) is 4.90 Å². The van der Waals surface area contributed by atoms with E-state index in [0.29, 0.717) is 10.5 Å². The van der Waals surface area contributed by atoms with Crippen molar-refractivity contribution >= 4 is 21.8 Å². The first kappa shape index (κ1) is 21.3. The molecule has 31 heavy (non-hydrogen) atoms. The fourth-order valence-electron chi connectivity index (χ4n) is 3.99. The van der Waals surface area contributed by atoms with Crippen molar-refractivity contribution in [2.45, 2.75) is 11.4 Å². The van der Waals surface area contributed by atoms with Crippen molar-refractivity contribution in [3.63, 3.8) is 0 Å². The number of carbonyl (C=O) groups excluding carboxylic acids is 1. The molecule has 6 heteroatoms. The van der Waals surface area contributed by atoms with Crippen LogP contribution in [0.25, 0.3) is 11.1 Å². The van der Waals surface area contributed by atoms with Gasteiger partial charge in [-0.1, -0.05) is 36.4 Å². The number of hydrogen-bond donors (Lipinski definition) is 0. The molecule has 0 aliphatic carbocycles. The first-order chi connectivity index (χ1) is 14.9. The molecule has 1 heterocycles. The number of rotatable bonds is 6. The minimum atomic E-state index is -3.20. The summed E-state index contributed by atoms with van der Waals surface area (Å²) in [6.45, 7) is 4.63. The molecule has 1 saturated heterocycles. The molecule has 1 aliphatic rings. The Morgan fingerprint density at radius 2 is 1.48 bits per heavy atom. The lowest BCUT2D eigenvalue weighted by Gasteiger charge is -2.36. The molecule has 0 saturated carbocycles. The highest BCUT2D eigenvalue weighted by Crippen LogP contribution is 2.27. The van der Waals surface area contributed by atoms with E-state index in [-0.39, 0.29) is 0 Å². The lowest BCUT2D eigenvalue weighted by molar-refractivity contribution is 0.112. The summed E-state index contributed by atoms with van der Waals surface area (Å²) in [5, 5.41) is 0. The standard InChI is InChI=1S/C25H26N2O3S/c1-31(29,30)24-12-8-21(9-13-24)25-5-3-2-4-22(25)18-26-14-16-27(17-15-26)23-10-6-20(19-28)7-11-23/h2-13,19H,14-18H2,1H3. The van der Waals surface area contributed by atoms with Gasteiger partial charge in [-0.3, -0.25) is 9.69 Å². The van der Waals surface area contributed by atoms with Crippen LogP contribution in [-0.2, 0) is 16.4 Å². The third-order valence-corrected chi connectivity index (χ3v) is 6.90. The number of hydrogen-bond acceptors (Lipinski definition) is 5. The molecule has 1 aliphatic heterocycles. The van der Waals surface area contributed by atoms with Crippen molar-refractivity contribution in [3.05, 3.63) is 83.9 Å². The van der Waals surface area contributed by atoms with Gasteiger partial charge in [0.15, 0.2) is 9.84 Å². The summed E-state index contributed by atoms with van der Waals surface area (Å²) in [4.78, 5) is 16.0. The van der Waals surface area contributed by atoms with Crippen LogP contribution < -0.4 is 4.90 Å². The van der Waals surface area contributed by atoms with E-state index in [4.69, 9.17) is 0 Å². The Bertz CT molecular complexity index is 1150. The van der Waals surface area contributed by atoms with Crippen LogP contribution >= 0.6 is 0 Å². The van der Waals surface area contributed by atoms with Crippen molar-refractivity contribution in [3.8, 4) is 11.1 Å². The van der Waals surface area contributed by atoms with Crippen molar-refractivity contribution in [2.75, 3.05) is 37.3 Å². The SMILES string of the molecule is CS(=O)(=O)c1ccc(-c2ccccc2CN2CCN(c3ccc(C=O)cc3)CC2)cc1. The summed E-state index contributed by atoms with van der Waals surface area (Å²) in [6, 6.07) is 23.2. The minimum Gasteiger partial charge on any atom is -0.369 e. The Balaban J connectivity index is 1.44. The zero-order valence-electron chi connectivity index (χ0n) is 17.6. The van der Waals surface area contributed by atoms with Crippen LogP contribution in [0.4, 0.5) is 5.69 Å². The predicted octanol–water partition coefficient (Wildman–Crippen LogP) is 3.89. The van der Waals surface area contributed by atoms with Crippen molar-refractivity contribution in [1.29, 1.82) is 0 Å². The maximum absolute atomic E-state index is 11.7. The maximum Gasteiger partial charge on any atom is 0.175 e. The van der Waals surface area contributed by atoms with Crippen LogP contribution in [0, 0.1) is 0 Å². The summed E-state index contributed by atoms with van der Waals surface area (Å²) in [5.74, 6) is 0. The summed E-state index contributed by atoms with van der Waals surface area (Å²) >= 11 is 0. The average Bonchev–Trinajstić information content (AvgIpc) is 2.80. The number of benzene rings is 3. The molecule has 160 valence electrons. The topological polar surface area (TPSA) is 57.7 Å². The fraction of sp³-hybridized carbons (Fsp3) is 0.240. The number of nitrogens with zero attached hydrogens (tertiary/aromatic N) is 2. The van der Waals surface area contributed by atoms with Crippen LogP contribution in [0.15, 0.2) is 77.7 Å². The second-order valence-corrected chi connectivity index (χ2v) is 9.94. The third kappa shape index (κ3) is 5.03. The molecule has 0 spiro atoms. The Kier molecular flexibility index (Phi) is 6.20. The number of piperazine rings is 1. The quantitative estimate of drug-likeness (QED) is 0.551. The molecule has 0 N–H and O–H groups in total. The molecule has 0 aromatic heterocycles. The highest BCUT2D eigenvalue weighted by atomic mass is 32.2. The number of anilines is 1. The van der Waals surface area contributed by atoms with Gasteiger partial charge in [0.25, 0.3) is 0 Å². The Morgan fingerprint density at radius 1 is 0.839 bits per heavy atom. The lowest BCUT2D eigenvalue weighted by atomic mass is 9.99. The Hall–Kier alpha value is -2.96. The van der Waals surface area contributed by atoms with Crippen LogP contribution in [0.5, 0.6) is 0 Å². The van der Waals surface area contributed by atoms with Crippen molar-refractivity contribution in [2.24, 2.45) is 0 Å². The number of sulfone groups is 1. The van der Waals surface area contributed by atoms with Gasteiger partial charge < -0.3 is 4.90 Å². The zero-order chi connectivity index (χ0) is 21.8. The first-order valence-electron chi connectivity index (χ1n) is 10.3. The van der Waals surface area contributed by atoms with Crippen LogP contribution in [-0.4, -0.2) is 52.0 Å². The monoisotopic (exact) mass is 434 g/mol. The fourth-order valence-corrected chi connectivity index (χ4v) is 4.62. The number of aldehydes is 1. The lowest BCUT2D eigenvalue weighted by Crippen LogP contribution is -2.46. The van der Waals surface area contributed by atoms with Gasteiger partial charge in [0.05, 0.1) is 4.90 Å². The zero-order valence-corrected chi connectivity index (χ0v) is 18.4. The van der Waals surface area contributed by atoms with Gasteiger partial charge in [-0.25, -0.2) is 8.42 Å². The van der Waals surface area contributed by atoms with Gasteiger partial charge in [0.1, 0.15) is 6.29 Å². The van der Waals surface area contributed by atoms with Crippen LogP contribution in [0.3, 0.4) is 0 Å². The normalized spacial score (nSPS) is 15.1. The summed E-state index contributed by atoms with van der Waals surface area (Å²) in [6.07, 6.45) is 2.10. The molecule has 0 radical (unpaired) electrons. The largest absolute Gasteiger partial charge is 0.369 e. The number of carbonyl (C=O) groups is 1. The molecule has 5 nitrogen and oxygen atoms in total. The molecule has 4 rings (SSSR count). The second-order valence-electron chi connectivity index (χ2n) is 7.93. The maximum atomic E-state index is 11.7.